The van der Waals surface area contributed by atoms with E-state index in [1.54, 1.807) is 6.07 Å². The Hall–Kier alpha value is -2.42. The number of alkyl halides is 3. The Morgan fingerprint density at radius 1 is 1.30 bits per heavy atom. The van der Waals surface area contributed by atoms with Gasteiger partial charge in [0.05, 0.1) is 23.2 Å². The summed E-state index contributed by atoms with van der Waals surface area (Å²) in [5.74, 6) is 0.673. The number of nitrogens with one attached hydrogen (secondary N) is 1. The van der Waals surface area contributed by atoms with Crippen LogP contribution in [-0.4, -0.2) is 39.5 Å². The average Bonchev–Trinajstić information content (AvgIpc) is 3.24. The van der Waals surface area contributed by atoms with Gasteiger partial charge in [0, 0.05) is 17.1 Å². The van der Waals surface area contributed by atoms with Gasteiger partial charge in [0.1, 0.15) is 6.54 Å². The van der Waals surface area contributed by atoms with Crippen molar-refractivity contribution in [2.75, 3.05) is 18.2 Å². The first kappa shape index (κ1) is 20.8. The molecule has 1 aromatic heterocycles. The minimum absolute atomic E-state index is 0.0327. The van der Waals surface area contributed by atoms with Crippen molar-refractivity contribution >= 4 is 23.6 Å². The molecule has 2 amide bonds. The van der Waals surface area contributed by atoms with Crippen LogP contribution < -0.4 is 5.32 Å². The third kappa shape index (κ3) is 4.08. The first-order chi connectivity index (χ1) is 14.2. The minimum Gasteiger partial charge on any atom is -0.348 e. The fraction of sp³-hybridized carbons (Fsp3) is 0.429. The molecule has 1 aliphatic carbocycles. The molecule has 9 heteroatoms. The molecule has 160 valence electrons. The zero-order valence-electron chi connectivity index (χ0n) is 16.5. The summed E-state index contributed by atoms with van der Waals surface area (Å²) in [6, 6.07) is 7.04. The average molecular weight is 437 g/mol. The summed E-state index contributed by atoms with van der Waals surface area (Å²) in [7, 11) is 0. The molecule has 5 nitrogen and oxygen atoms in total. The molecule has 0 radical (unpaired) electrons. The predicted octanol–water partition coefficient (Wildman–Crippen LogP) is 3.83. The molecule has 30 heavy (non-hydrogen) atoms. The Balaban J connectivity index is 1.59. The number of hydrogen-bond donors (Lipinski definition) is 1. The number of hydrogen-bond acceptors (Lipinski definition) is 3. The number of thioether (sulfide) groups is 1. The van der Waals surface area contributed by atoms with E-state index in [0.29, 0.717) is 17.3 Å². The van der Waals surface area contributed by atoms with E-state index >= 15 is 0 Å². The molecule has 0 saturated carbocycles. The van der Waals surface area contributed by atoms with E-state index in [9.17, 15) is 22.8 Å². The summed E-state index contributed by atoms with van der Waals surface area (Å²) < 4.78 is 41.3. The van der Waals surface area contributed by atoms with Gasteiger partial charge in [-0.25, -0.2) is 0 Å². The zero-order valence-corrected chi connectivity index (χ0v) is 17.3. The van der Waals surface area contributed by atoms with Gasteiger partial charge in [0.15, 0.2) is 0 Å². The Bertz CT molecular complexity index is 986. The van der Waals surface area contributed by atoms with E-state index in [2.05, 4.69) is 5.32 Å². The van der Waals surface area contributed by atoms with Crippen molar-refractivity contribution in [1.29, 1.82) is 0 Å². The number of rotatable bonds is 4. The maximum Gasteiger partial charge on any atom is 0.416 e. The molecule has 1 N–H and O–H groups in total. The van der Waals surface area contributed by atoms with Gasteiger partial charge < -0.3 is 14.8 Å². The summed E-state index contributed by atoms with van der Waals surface area (Å²) in [5, 5.41) is 3.01. The molecule has 2 heterocycles. The SMILES string of the molecule is Cc1cc2c(n1-c1cccc(C(F)(F)F)c1)CCC[C@@H]2NC(=O)CN1CSCC1=O. The highest BCUT2D eigenvalue weighted by Crippen LogP contribution is 2.36. The highest BCUT2D eigenvalue weighted by atomic mass is 32.2. The molecule has 0 unspecified atom stereocenters. The van der Waals surface area contributed by atoms with Gasteiger partial charge in [-0.1, -0.05) is 6.07 Å². The smallest absolute Gasteiger partial charge is 0.348 e. The van der Waals surface area contributed by atoms with Crippen molar-refractivity contribution in [2.45, 2.75) is 38.4 Å². The van der Waals surface area contributed by atoms with Crippen LogP contribution in [0.4, 0.5) is 13.2 Å². The molecular weight excluding hydrogens is 415 g/mol. The molecule has 1 atom stereocenters. The van der Waals surface area contributed by atoms with Crippen molar-refractivity contribution in [3.63, 3.8) is 0 Å². The third-order valence-corrected chi connectivity index (χ3v) is 6.47. The highest BCUT2D eigenvalue weighted by Gasteiger charge is 2.32. The van der Waals surface area contributed by atoms with E-state index in [0.717, 1.165) is 48.3 Å². The predicted molar refractivity (Wildman–Crippen MR) is 108 cm³/mol. The van der Waals surface area contributed by atoms with Gasteiger partial charge in [-0.2, -0.15) is 13.2 Å². The molecule has 1 aromatic carbocycles. The van der Waals surface area contributed by atoms with Crippen LogP contribution >= 0.6 is 11.8 Å². The lowest BCUT2D eigenvalue weighted by Gasteiger charge is -2.26. The first-order valence-electron chi connectivity index (χ1n) is 9.77. The summed E-state index contributed by atoms with van der Waals surface area (Å²) in [4.78, 5) is 25.8. The van der Waals surface area contributed by atoms with Crippen LogP contribution in [0.15, 0.2) is 30.3 Å². The van der Waals surface area contributed by atoms with Crippen LogP contribution in [0.25, 0.3) is 5.69 Å². The standard InChI is InChI=1S/C21H22F3N3O2S/c1-13-8-16-17(25-19(28)10-26-12-30-11-20(26)29)6-3-7-18(16)27(13)15-5-2-4-14(9-15)21(22,23)24/h2,4-5,8-9,17H,3,6-7,10-12H2,1H3,(H,25,28)/t17-/m0/s1. The minimum atomic E-state index is -4.40. The Morgan fingerprint density at radius 2 is 2.10 bits per heavy atom. The fourth-order valence-electron chi connectivity index (χ4n) is 4.19. The maximum atomic E-state index is 13.2. The van der Waals surface area contributed by atoms with Gasteiger partial charge in [0.25, 0.3) is 0 Å². The monoisotopic (exact) mass is 437 g/mol. The summed E-state index contributed by atoms with van der Waals surface area (Å²) in [5.41, 5.74) is 2.47. The van der Waals surface area contributed by atoms with Gasteiger partial charge in [-0.15, -0.1) is 11.8 Å². The molecule has 4 rings (SSSR count). The second kappa shape index (κ2) is 8.02. The van der Waals surface area contributed by atoms with Crippen LogP contribution in [0.2, 0.25) is 0 Å². The number of benzene rings is 1. The maximum absolute atomic E-state index is 13.2. The molecule has 2 aliphatic rings. The molecule has 0 bridgehead atoms. The lowest BCUT2D eigenvalue weighted by molar-refractivity contribution is -0.137. The lowest BCUT2D eigenvalue weighted by Crippen LogP contribution is -2.40. The van der Waals surface area contributed by atoms with E-state index < -0.39 is 11.7 Å². The number of halogens is 3. The van der Waals surface area contributed by atoms with Crippen LogP contribution in [0, 0.1) is 6.92 Å². The fourth-order valence-corrected chi connectivity index (χ4v) is 5.09. The van der Waals surface area contributed by atoms with Crippen LogP contribution in [-0.2, 0) is 22.2 Å². The Morgan fingerprint density at radius 3 is 2.80 bits per heavy atom. The molecular formula is C21H22F3N3O2S. The third-order valence-electron chi connectivity index (χ3n) is 5.53. The van der Waals surface area contributed by atoms with E-state index in [1.165, 1.54) is 22.7 Å². The summed E-state index contributed by atoms with van der Waals surface area (Å²) >= 11 is 1.49. The molecule has 1 saturated heterocycles. The number of aromatic nitrogens is 1. The Kier molecular flexibility index (Phi) is 5.57. The quantitative estimate of drug-likeness (QED) is 0.791. The van der Waals surface area contributed by atoms with Crippen LogP contribution in [0.1, 0.15) is 41.4 Å². The molecule has 2 aromatic rings. The van der Waals surface area contributed by atoms with E-state index in [4.69, 9.17) is 0 Å². The van der Waals surface area contributed by atoms with Gasteiger partial charge in [-0.05, 0) is 56.0 Å². The van der Waals surface area contributed by atoms with Crippen molar-refractivity contribution in [3.05, 3.63) is 52.8 Å². The number of nitrogens with zero attached hydrogens (tertiary/aromatic N) is 2. The summed E-state index contributed by atoms with van der Waals surface area (Å²) in [6.45, 7) is 1.89. The Labute approximate surface area is 176 Å². The topological polar surface area (TPSA) is 54.3 Å². The second-order valence-corrected chi connectivity index (χ2v) is 8.61. The van der Waals surface area contributed by atoms with Gasteiger partial charge in [-0.3, -0.25) is 9.59 Å². The number of amides is 2. The first-order valence-corrected chi connectivity index (χ1v) is 10.9. The lowest BCUT2D eigenvalue weighted by atomic mass is 9.92. The van der Waals surface area contributed by atoms with Crippen molar-refractivity contribution in [3.8, 4) is 5.69 Å². The number of fused-ring (bicyclic) bond motifs is 1. The number of carbonyl (C=O) groups excluding carboxylic acids is 2. The molecule has 1 aliphatic heterocycles. The van der Waals surface area contributed by atoms with Gasteiger partial charge >= 0.3 is 6.18 Å². The van der Waals surface area contributed by atoms with Crippen LogP contribution in [0.5, 0.6) is 0 Å². The highest BCUT2D eigenvalue weighted by molar-refractivity contribution is 8.00. The van der Waals surface area contributed by atoms with Crippen LogP contribution in [0.3, 0.4) is 0 Å². The largest absolute Gasteiger partial charge is 0.416 e. The van der Waals surface area contributed by atoms with Crippen molar-refractivity contribution < 1.29 is 22.8 Å². The number of aryl methyl sites for hydroxylation is 1. The zero-order chi connectivity index (χ0) is 21.5. The normalized spacial score (nSPS) is 19.1. The van der Waals surface area contributed by atoms with Crippen molar-refractivity contribution in [1.82, 2.24) is 14.8 Å². The molecule has 0 spiro atoms. The van der Waals surface area contributed by atoms with E-state index in [-0.39, 0.29) is 24.4 Å². The second-order valence-electron chi connectivity index (χ2n) is 7.65. The van der Waals surface area contributed by atoms with Crippen molar-refractivity contribution in [2.24, 2.45) is 0 Å². The molecule has 1 fully saturated rings. The summed E-state index contributed by atoms with van der Waals surface area (Å²) in [6.07, 6.45) is -2.10. The number of carbonyl (C=O) groups is 2. The van der Waals surface area contributed by atoms with Gasteiger partial charge in [0.2, 0.25) is 11.8 Å². The van der Waals surface area contributed by atoms with E-state index in [1.807, 2.05) is 17.6 Å².